The monoisotopic (exact) mass is 499 g/mol. The molecule has 0 aliphatic rings. The van der Waals surface area contributed by atoms with Gasteiger partial charge in [0.1, 0.15) is 10.6 Å². The highest BCUT2D eigenvalue weighted by molar-refractivity contribution is 7.92. The van der Waals surface area contributed by atoms with Gasteiger partial charge < -0.3 is 23.7 Å². The highest BCUT2D eigenvalue weighted by Crippen LogP contribution is 2.37. The Bertz CT molecular complexity index is 1320. The van der Waals surface area contributed by atoms with Crippen LogP contribution in [0.1, 0.15) is 5.56 Å². The Morgan fingerprint density at radius 2 is 1.49 bits per heavy atom. The molecule has 0 saturated heterocycles. The Labute approximate surface area is 203 Å². The first-order chi connectivity index (χ1) is 16.8. The Kier molecular flexibility index (Phi) is 8.21. The van der Waals surface area contributed by atoms with Crippen LogP contribution in [0.2, 0.25) is 0 Å². The van der Waals surface area contributed by atoms with Crippen LogP contribution in [0.15, 0.2) is 71.6 Å². The molecule has 1 N–H and O–H groups in total. The molecular formula is C25H25NO8S. The van der Waals surface area contributed by atoms with Gasteiger partial charge in [-0.25, -0.2) is 13.2 Å². The van der Waals surface area contributed by atoms with Gasteiger partial charge in [-0.15, -0.1) is 0 Å². The van der Waals surface area contributed by atoms with Gasteiger partial charge in [0.25, 0.3) is 10.0 Å². The van der Waals surface area contributed by atoms with E-state index in [9.17, 15) is 13.2 Å². The Balaban J connectivity index is 1.89. The van der Waals surface area contributed by atoms with Crippen molar-refractivity contribution in [2.24, 2.45) is 0 Å². The summed E-state index contributed by atoms with van der Waals surface area (Å²) in [6.07, 6.45) is 2.59. The number of ether oxygens (including phenoxy) is 5. The lowest BCUT2D eigenvalue weighted by atomic mass is 10.2. The molecular weight excluding hydrogens is 474 g/mol. The Morgan fingerprint density at radius 3 is 2.09 bits per heavy atom. The van der Waals surface area contributed by atoms with Gasteiger partial charge in [0.15, 0.2) is 23.0 Å². The van der Waals surface area contributed by atoms with Crippen LogP contribution < -0.4 is 23.7 Å². The van der Waals surface area contributed by atoms with E-state index in [2.05, 4.69) is 9.46 Å². The van der Waals surface area contributed by atoms with Gasteiger partial charge in [0.2, 0.25) is 0 Å². The van der Waals surface area contributed by atoms with E-state index >= 15 is 0 Å². The molecule has 0 aliphatic heterocycles. The molecule has 0 radical (unpaired) electrons. The van der Waals surface area contributed by atoms with E-state index in [1.807, 2.05) is 12.1 Å². The summed E-state index contributed by atoms with van der Waals surface area (Å²) in [7, 11) is 1.41. The van der Waals surface area contributed by atoms with Crippen molar-refractivity contribution in [2.75, 3.05) is 33.2 Å². The van der Waals surface area contributed by atoms with E-state index in [-0.39, 0.29) is 16.4 Å². The highest BCUT2D eigenvalue weighted by Gasteiger charge is 2.24. The summed E-state index contributed by atoms with van der Waals surface area (Å²) < 4.78 is 55.3. The first-order valence-electron chi connectivity index (χ1n) is 10.3. The SMILES string of the molecule is COC(=O)/C=C/c1cc(OC)c(OC)c(S(=O)(=O)Nc2ccc(Oc3ccccc3OC)cc2)c1. The molecule has 10 heteroatoms. The second-order valence-corrected chi connectivity index (χ2v) is 8.64. The smallest absolute Gasteiger partial charge is 0.330 e. The molecule has 0 spiro atoms. The minimum absolute atomic E-state index is 0.0198. The topological polar surface area (TPSA) is 109 Å². The highest BCUT2D eigenvalue weighted by atomic mass is 32.2. The molecule has 3 rings (SSSR count). The molecule has 0 atom stereocenters. The third-order valence-electron chi connectivity index (χ3n) is 4.77. The number of hydrogen-bond donors (Lipinski definition) is 1. The van der Waals surface area contributed by atoms with Gasteiger partial charge in [0.05, 0.1) is 28.4 Å². The van der Waals surface area contributed by atoms with Crippen LogP contribution in [-0.4, -0.2) is 42.8 Å². The van der Waals surface area contributed by atoms with E-state index in [1.165, 1.54) is 39.5 Å². The minimum Gasteiger partial charge on any atom is -0.493 e. The number of benzene rings is 3. The normalized spacial score (nSPS) is 11.1. The number of rotatable bonds is 10. The molecule has 0 unspecified atom stereocenters. The molecule has 3 aromatic rings. The predicted octanol–water partition coefficient (Wildman–Crippen LogP) is 4.49. The second-order valence-electron chi connectivity index (χ2n) is 6.99. The van der Waals surface area contributed by atoms with Crippen molar-refractivity contribution in [1.82, 2.24) is 0 Å². The average Bonchev–Trinajstić information content (AvgIpc) is 2.87. The fourth-order valence-corrected chi connectivity index (χ4v) is 4.38. The van der Waals surface area contributed by atoms with Crippen LogP contribution in [0.5, 0.6) is 28.7 Å². The zero-order valence-electron chi connectivity index (χ0n) is 19.6. The van der Waals surface area contributed by atoms with Crippen LogP contribution >= 0.6 is 0 Å². The van der Waals surface area contributed by atoms with Crippen molar-refractivity contribution < 1.29 is 36.9 Å². The summed E-state index contributed by atoms with van der Waals surface area (Å²) >= 11 is 0. The minimum atomic E-state index is -4.10. The molecule has 35 heavy (non-hydrogen) atoms. The molecule has 0 fully saturated rings. The van der Waals surface area contributed by atoms with Gasteiger partial charge in [0, 0.05) is 11.8 Å². The van der Waals surface area contributed by atoms with E-state index in [1.54, 1.807) is 49.6 Å². The van der Waals surface area contributed by atoms with Crippen LogP contribution in [0.4, 0.5) is 5.69 Å². The fraction of sp³-hybridized carbons (Fsp3) is 0.160. The maximum Gasteiger partial charge on any atom is 0.330 e. The van der Waals surface area contributed by atoms with Gasteiger partial charge >= 0.3 is 5.97 Å². The van der Waals surface area contributed by atoms with Crippen molar-refractivity contribution in [3.8, 4) is 28.7 Å². The number of anilines is 1. The largest absolute Gasteiger partial charge is 0.493 e. The number of methoxy groups -OCH3 is 4. The van der Waals surface area contributed by atoms with Gasteiger partial charge in [-0.3, -0.25) is 4.72 Å². The standard InChI is InChI=1S/C25H25NO8S/c1-30-20-7-5-6-8-21(20)34-19-12-10-18(11-13-19)26-35(28,29)23-16-17(9-14-24(27)32-3)15-22(31-2)25(23)33-4/h5-16,26H,1-4H3/b14-9+. The van der Waals surface area contributed by atoms with Crippen LogP contribution in [0, 0.1) is 0 Å². The summed E-state index contributed by atoms with van der Waals surface area (Å²) in [6.45, 7) is 0. The van der Waals surface area contributed by atoms with Gasteiger partial charge in [-0.05, 0) is 60.2 Å². The van der Waals surface area contributed by atoms with Gasteiger partial charge in [-0.1, -0.05) is 12.1 Å². The Morgan fingerprint density at radius 1 is 0.829 bits per heavy atom. The van der Waals surface area contributed by atoms with Crippen LogP contribution in [0.3, 0.4) is 0 Å². The molecule has 3 aromatic carbocycles. The van der Waals surface area contributed by atoms with Crippen LogP contribution in [-0.2, 0) is 19.6 Å². The number of carbonyl (C=O) groups is 1. The molecule has 0 aliphatic carbocycles. The fourth-order valence-electron chi connectivity index (χ4n) is 3.11. The number of carbonyl (C=O) groups excluding carboxylic acids is 1. The summed E-state index contributed by atoms with van der Waals surface area (Å²) in [5, 5.41) is 0. The first kappa shape index (κ1) is 25.4. The van der Waals surface area contributed by atoms with Gasteiger partial charge in [-0.2, -0.15) is 0 Å². The molecule has 184 valence electrons. The van der Waals surface area contributed by atoms with Crippen molar-refractivity contribution >= 4 is 27.8 Å². The molecule has 0 amide bonds. The van der Waals surface area contributed by atoms with E-state index < -0.39 is 16.0 Å². The summed E-state index contributed by atoms with van der Waals surface area (Å²) in [6, 6.07) is 16.5. The van der Waals surface area contributed by atoms with E-state index in [0.29, 0.717) is 28.5 Å². The molecule has 0 bridgehead atoms. The van der Waals surface area contributed by atoms with Crippen molar-refractivity contribution in [3.63, 3.8) is 0 Å². The maximum atomic E-state index is 13.2. The van der Waals surface area contributed by atoms with Crippen molar-refractivity contribution in [1.29, 1.82) is 0 Å². The lowest BCUT2D eigenvalue weighted by molar-refractivity contribution is -0.134. The first-order valence-corrected chi connectivity index (χ1v) is 11.8. The van der Waals surface area contributed by atoms with Crippen LogP contribution in [0.25, 0.3) is 6.08 Å². The molecule has 0 heterocycles. The number of sulfonamides is 1. The van der Waals surface area contributed by atoms with Crippen molar-refractivity contribution in [2.45, 2.75) is 4.90 Å². The lowest BCUT2D eigenvalue weighted by Gasteiger charge is -2.16. The number of hydrogen-bond acceptors (Lipinski definition) is 8. The maximum absolute atomic E-state index is 13.2. The quantitative estimate of drug-likeness (QED) is 0.321. The third kappa shape index (κ3) is 6.24. The number of para-hydroxylation sites is 2. The summed E-state index contributed by atoms with van der Waals surface area (Å²) in [5.74, 6) is 1.20. The zero-order chi connectivity index (χ0) is 25.4. The molecule has 9 nitrogen and oxygen atoms in total. The molecule has 0 saturated carbocycles. The predicted molar refractivity (Wildman–Crippen MR) is 131 cm³/mol. The molecule has 0 aromatic heterocycles. The second kappa shape index (κ2) is 11.3. The van der Waals surface area contributed by atoms with Crippen molar-refractivity contribution in [3.05, 3.63) is 72.3 Å². The number of nitrogens with one attached hydrogen (secondary N) is 1. The summed E-state index contributed by atoms with van der Waals surface area (Å²) in [4.78, 5) is 11.3. The number of esters is 1. The third-order valence-corrected chi connectivity index (χ3v) is 6.16. The summed E-state index contributed by atoms with van der Waals surface area (Å²) in [5.41, 5.74) is 0.697. The van der Waals surface area contributed by atoms with E-state index in [0.717, 1.165) is 0 Å². The zero-order valence-corrected chi connectivity index (χ0v) is 20.4. The lowest BCUT2D eigenvalue weighted by Crippen LogP contribution is -2.14. The Hall–Kier alpha value is -4.18. The van der Waals surface area contributed by atoms with E-state index in [4.69, 9.17) is 18.9 Å². The average molecular weight is 500 g/mol.